The van der Waals surface area contributed by atoms with Crippen molar-refractivity contribution in [3.05, 3.63) is 120 Å². The highest BCUT2D eigenvalue weighted by Gasteiger charge is 2.35. The first-order valence-corrected chi connectivity index (χ1v) is 14.3. The van der Waals surface area contributed by atoms with Crippen molar-refractivity contribution >= 4 is 21.7 Å². The number of aliphatic hydroxyl groups excluding tert-OH is 1. The molecular formula is C29H33ClO7S. The Hall–Kier alpha value is -2.56. The minimum Gasteiger partial charge on any atom is -0.392 e. The molecule has 0 radical (unpaired) electrons. The van der Waals surface area contributed by atoms with Gasteiger partial charge in [0.2, 0.25) is 0 Å². The topological polar surface area (TPSA) is 91.3 Å². The zero-order chi connectivity index (χ0) is 27.1. The fraction of sp³-hybridized carbons (Fsp3) is 0.310. The van der Waals surface area contributed by atoms with Gasteiger partial charge in [-0.2, -0.15) is 8.42 Å². The first-order chi connectivity index (χ1) is 18.5. The van der Waals surface area contributed by atoms with E-state index in [1.807, 2.05) is 91.0 Å². The minimum atomic E-state index is -4.09. The van der Waals surface area contributed by atoms with Crippen LogP contribution in [0.3, 0.4) is 0 Å². The second-order valence-corrected chi connectivity index (χ2v) is 10.6. The molecule has 3 atom stereocenters. The quantitative estimate of drug-likeness (QED) is 0.144. The van der Waals surface area contributed by atoms with E-state index in [9.17, 15) is 13.5 Å². The second-order valence-electron chi connectivity index (χ2n) is 8.44. The van der Waals surface area contributed by atoms with Crippen molar-refractivity contribution < 1.29 is 31.9 Å². The van der Waals surface area contributed by atoms with Crippen LogP contribution in [0.15, 0.2) is 103 Å². The van der Waals surface area contributed by atoms with Crippen molar-refractivity contribution in [2.75, 3.05) is 18.4 Å². The number of halogens is 1. The third kappa shape index (κ3) is 10.7. The van der Waals surface area contributed by atoms with E-state index in [0.29, 0.717) is 0 Å². The molecule has 9 heteroatoms. The third-order valence-corrected chi connectivity index (χ3v) is 7.10. The predicted molar refractivity (Wildman–Crippen MR) is 147 cm³/mol. The van der Waals surface area contributed by atoms with Crippen LogP contribution in [-0.2, 0) is 48.3 Å². The molecule has 0 heterocycles. The lowest BCUT2D eigenvalue weighted by Gasteiger charge is -2.32. The maximum atomic E-state index is 12.5. The molecule has 0 unspecified atom stereocenters. The number of benzene rings is 3. The Morgan fingerprint density at radius 2 is 1.26 bits per heavy atom. The second kappa shape index (κ2) is 16.4. The molecule has 0 saturated heterocycles. The molecule has 0 aliphatic heterocycles. The SMILES string of the molecule is O=S(=O)(CCl)O[C@@H](COCc1ccccc1)[C@@H](OCc1ccccc1)[C@@H](/C=C/CO)OCc1ccccc1. The van der Waals surface area contributed by atoms with E-state index in [-0.39, 0.29) is 33.0 Å². The van der Waals surface area contributed by atoms with E-state index in [2.05, 4.69) is 0 Å². The maximum Gasteiger partial charge on any atom is 0.281 e. The lowest BCUT2D eigenvalue weighted by molar-refractivity contribution is -0.124. The van der Waals surface area contributed by atoms with Crippen LogP contribution in [0.5, 0.6) is 0 Å². The zero-order valence-electron chi connectivity index (χ0n) is 21.0. The summed E-state index contributed by atoms with van der Waals surface area (Å²) in [5, 5.41) is 8.74. The summed E-state index contributed by atoms with van der Waals surface area (Å²) in [5.41, 5.74) is 2.72. The fourth-order valence-electron chi connectivity index (χ4n) is 3.66. The number of alkyl halides is 1. The van der Waals surface area contributed by atoms with E-state index in [1.54, 1.807) is 6.08 Å². The monoisotopic (exact) mass is 560 g/mol. The first-order valence-electron chi connectivity index (χ1n) is 12.2. The molecular weight excluding hydrogens is 528 g/mol. The fourth-order valence-corrected chi connectivity index (χ4v) is 4.41. The number of aliphatic hydroxyl groups is 1. The van der Waals surface area contributed by atoms with Gasteiger partial charge in [0.1, 0.15) is 23.5 Å². The van der Waals surface area contributed by atoms with Crippen LogP contribution in [0.25, 0.3) is 0 Å². The summed E-state index contributed by atoms with van der Waals surface area (Å²) in [7, 11) is -4.09. The molecule has 0 amide bonds. The predicted octanol–water partition coefficient (Wildman–Crippen LogP) is 4.83. The van der Waals surface area contributed by atoms with Crippen LogP contribution in [0.2, 0.25) is 0 Å². The molecule has 3 rings (SSSR count). The molecule has 0 spiro atoms. The number of ether oxygens (including phenoxy) is 3. The zero-order valence-corrected chi connectivity index (χ0v) is 22.5. The summed E-state index contributed by atoms with van der Waals surface area (Å²) in [4.78, 5) is 0. The molecule has 1 N–H and O–H groups in total. The van der Waals surface area contributed by atoms with Gasteiger partial charge in [0.05, 0.1) is 33.0 Å². The summed E-state index contributed by atoms with van der Waals surface area (Å²) in [6.07, 6.45) is 0.374. The molecule has 3 aromatic carbocycles. The van der Waals surface area contributed by atoms with Gasteiger partial charge in [0.15, 0.2) is 0 Å². The summed E-state index contributed by atoms with van der Waals surface area (Å²) in [6.45, 7) is 0.305. The highest BCUT2D eigenvalue weighted by Crippen LogP contribution is 2.21. The van der Waals surface area contributed by atoms with Gasteiger partial charge in [-0.1, -0.05) is 103 Å². The van der Waals surface area contributed by atoms with Crippen molar-refractivity contribution in [3.8, 4) is 0 Å². The van der Waals surface area contributed by atoms with Crippen LogP contribution >= 0.6 is 11.6 Å². The Balaban J connectivity index is 1.87. The largest absolute Gasteiger partial charge is 0.392 e. The highest BCUT2D eigenvalue weighted by molar-refractivity contribution is 7.87. The van der Waals surface area contributed by atoms with Crippen LogP contribution in [0.1, 0.15) is 16.7 Å². The molecule has 38 heavy (non-hydrogen) atoms. The Labute approximate surface area is 229 Å². The van der Waals surface area contributed by atoms with Gasteiger partial charge in [-0.25, -0.2) is 0 Å². The maximum absolute atomic E-state index is 12.5. The average molecular weight is 561 g/mol. The minimum absolute atomic E-state index is 0.109. The number of hydrogen-bond donors (Lipinski definition) is 1. The number of hydrogen-bond acceptors (Lipinski definition) is 7. The van der Waals surface area contributed by atoms with Crippen molar-refractivity contribution in [2.45, 2.75) is 38.1 Å². The molecule has 0 saturated carbocycles. The van der Waals surface area contributed by atoms with Gasteiger partial charge in [-0.15, -0.1) is 11.6 Å². The van der Waals surface area contributed by atoms with Crippen LogP contribution in [0, 0.1) is 0 Å². The van der Waals surface area contributed by atoms with Gasteiger partial charge in [-0.05, 0) is 16.7 Å². The Kier molecular flexibility index (Phi) is 13.0. The van der Waals surface area contributed by atoms with Crippen LogP contribution in [-0.4, -0.2) is 50.3 Å². The van der Waals surface area contributed by atoms with Crippen molar-refractivity contribution in [3.63, 3.8) is 0 Å². The molecule has 0 aliphatic carbocycles. The summed E-state index contributed by atoms with van der Waals surface area (Å²) < 4.78 is 48.8. The molecule has 0 aromatic heterocycles. The summed E-state index contributed by atoms with van der Waals surface area (Å²) in [5.74, 6) is 0. The van der Waals surface area contributed by atoms with Crippen LogP contribution in [0.4, 0.5) is 0 Å². The van der Waals surface area contributed by atoms with E-state index >= 15 is 0 Å². The lowest BCUT2D eigenvalue weighted by atomic mass is 10.1. The highest BCUT2D eigenvalue weighted by atomic mass is 35.5. The molecule has 0 bridgehead atoms. The lowest BCUT2D eigenvalue weighted by Crippen LogP contribution is -2.45. The Morgan fingerprint density at radius 1 is 0.763 bits per heavy atom. The summed E-state index contributed by atoms with van der Waals surface area (Å²) in [6, 6.07) is 28.5. The Bertz CT molecular complexity index is 1180. The first kappa shape index (κ1) is 30.0. The van der Waals surface area contributed by atoms with Gasteiger partial charge in [0.25, 0.3) is 10.1 Å². The van der Waals surface area contributed by atoms with Gasteiger partial charge in [0, 0.05) is 0 Å². The van der Waals surface area contributed by atoms with E-state index in [4.69, 9.17) is 30.0 Å². The molecule has 0 fully saturated rings. The molecule has 204 valence electrons. The van der Waals surface area contributed by atoms with Crippen molar-refractivity contribution in [1.29, 1.82) is 0 Å². The summed E-state index contributed by atoms with van der Waals surface area (Å²) >= 11 is 5.68. The third-order valence-electron chi connectivity index (χ3n) is 5.49. The smallest absolute Gasteiger partial charge is 0.281 e. The van der Waals surface area contributed by atoms with Gasteiger partial charge < -0.3 is 19.3 Å². The van der Waals surface area contributed by atoms with E-state index < -0.39 is 33.6 Å². The van der Waals surface area contributed by atoms with Gasteiger partial charge in [-0.3, -0.25) is 4.18 Å². The Morgan fingerprint density at radius 3 is 1.76 bits per heavy atom. The van der Waals surface area contributed by atoms with Crippen molar-refractivity contribution in [1.82, 2.24) is 0 Å². The molecule has 3 aromatic rings. The molecule has 7 nitrogen and oxygen atoms in total. The van der Waals surface area contributed by atoms with E-state index in [1.165, 1.54) is 6.08 Å². The number of rotatable bonds is 17. The van der Waals surface area contributed by atoms with Crippen LogP contribution < -0.4 is 0 Å². The standard InChI is InChI=1S/C29H33ClO7S/c30-23-38(32,33)37-28(22-34-19-24-11-4-1-5-12-24)29(36-21-26-15-8-3-9-16-26)27(17-10-18-31)35-20-25-13-6-2-7-14-25/h1-17,27-29,31H,18-23H2/b17-10+/t27-,28+,29+/m1/s1. The van der Waals surface area contributed by atoms with E-state index in [0.717, 1.165) is 16.7 Å². The average Bonchev–Trinajstić information content (AvgIpc) is 2.95. The van der Waals surface area contributed by atoms with Crippen molar-refractivity contribution in [2.24, 2.45) is 0 Å². The molecule has 0 aliphatic rings. The normalized spacial score (nSPS) is 14.4. The van der Waals surface area contributed by atoms with Gasteiger partial charge >= 0.3 is 0 Å².